The van der Waals surface area contributed by atoms with Crippen LogP contribution in [0.25, 0.3) is 0 Å². The number of halogens is 1. The van der Waals surface area contributed by atoms with Gasteiger partial charge in [0.15, 0.2) is 0 Å². The Morgan fingerprint density at radius 1 is 1.19 bits per heavy atom. The van der Waals surface area contributed by atoms with Gasteiger partial charge in [0.25, 0.3) is 0 Å². The monoisotopic (exact) mass is 446 g/mol. The second-order valence-corrected chi connectivity index (χ2v) is 8.89. The molecule has 8 nitrogen and oxygen atoms in total. The van der Waals surface area contributed by atoms with Gasteiger partial charge in [-0.25, -0.2) is 9.18 Å². The largest absolute Gasteiger partial charge is 0.442 e. The Bertz CT molecular complexity index is 872. The lowest BCUT2D eigenvalue weighted by atomic mass is 9.87. The number of cyclic esters (lactones) is 1. The number of hydrogen-bond acceptors (Lipinski definition) is 6. The molecule has 174 valence electrons. The zero-order valence-electron chi connectivity index (χ0n) is 18.5. The first-order chi connectivity index (χ1) is 15.4. The lowest BCUT2D eigenvalue weighted by Crippen LogP contribution is -2.49. The summed E-state index contributed by atoms with van der Waals surface area (Å²) in [4.78, 5) is 41.1. The molecule has 2 atom stereocenters. The Balaban J connectivity index is 1.32. The van der Waals surface area contributed by atoms with Crippen LogP contribution in [-0.2, 0) is 14.3 Å². The van der Waals surface area contributed by atoms with Crippen molar-refractivity contribution >= 4 is 29.2 Å². The number of hydrogen-bond donors (Lipinski definition) is 1. The quantitative estimate of drug-likeness (QED) is 0.721. The minimum Gasteiger partial charge on any atom is -0.442 e. The molecule has 32 heavy (non-hydrogen) atoms. The van der Waals surface area contributed by atoms with Gasteiger partial charge < -0.3 is 15.0 Å². The van der Waals surface area contributed by atoms with Crippen LogP contribution in [0.4, 0.5) is 20.6 Å². The van der Waals surface area contributed by atoms with E-state index < -0.39 is 12.2 Å². The molecule has 1 aromatic rings. The van der Waals surface area contributed by atoms with E-state index in [1.807, 2.05) is 4.90 Å². The van der Waals surface area contributed by atoms with Crippen LogP contribution in [0.2, 0.25) is 0 Å². The Labute approximate surface area is 187 Å². The van der Waals surface area contributed by atoms with Crippen LogP contribution >= 0.6 is 0 Å². The fourth-order valence-corrected chi connectivity index (χ4v) is 4.75. The van der Waals surface area contributed by atoms with Crippen LogP contribution in [0.15, 0.2) is 18.2 Å². The molecule has 0 aromatic heterocycles. The summed E-state index contributed by atoms with van der Waals surface area (Å²) in [5.41, 5.74) is 0.959. The van der Waals surface area contributed by atoms with E-state index in [2.05, 4.69) is 10.2 Å². The van der Waals surface area contributed by atoms with Crippen molar-refractivity contribution in [2.75, 3.05) is 55.6 Å². The second-order valence-electron chi connectivity index (χ2n) is 8.89. The van der Waals surface area contributed by atoms with Gasteiger partial charge in [-0.3, -0.25) is 19.4 Å². The molecule has 1 N–H and O–H groups in total. The van der Waals surface area contributed by atoms with Crippen molar-refractivity contribution in [3.05, 3.63) is 24.0 Å². The summed E-state index contributed by atoms with van der Waals surface area (Å²) in [6.07, 6.45) is 2.84. The van der Waals surface area contributed by atoms with Crippen molar-refractivity contribution < 1.29 is 23.5 Å². The first kappa shape index (κ1) is 22.5. The van der Waals surface area contributed by atoms with E-state index >= 15 is 0 Å². The standard InChI is InChI=1S/C23H31FN4O4/c1-16(29)25-13-19-15-28(23(31)32-19)18-6-7-21(20(24)12-18)27-10-8-26(9-11-27)14-17-4-2-3-5-22(17)30/h6-7,12,17,19H,2-5,8-11,13-15H2,1H3,(H,25,29). The SMILES string of the molecule is CC(=O)NCC1CN(c2ccc(N3CCN(CC4CCCCC4=O)CC3)c(F)c2)C(=O)O1. The lowest BCUT2D eigenvalue weighted by molar-refractivity contribution is -0.125. The maximum absolute atomic E-state index is 15.0. The maximum atomic E-state index is 15.0. The molecule has 2 unspecified atom stereocenters. The molecule has 0 radical (unpaired) electrons. The average molecular weight is 447 g/mol. The molecule has 9 heteroatoms. The third-order valence-electron chi connectivity index (χ3n) is 6.57. The first-order valence-electron chi connectivity index (χ1n) is 11.4. The van der Waals surface area contributed by atoms with Gasteiger partial charge in [0, 0.05) is 52.0 Å². The summed E-state index contributed by atoms with van der Waals surface area (Å²) < 4.78 is 20.2. The van der Waals surface area contributed by atoms with Crippen LogP contribution in [0, 0.1) is 11.7 Å². The van der Waals surface area contributed by atoms with Gasteiger partial charge in [-0.15, -0.1) is 0 Å². The van der Waals surface area contributed by atoms with Crippen molar-refractivity contribution in [3.63, 3.8) is 0 Å². The highest BCUT2D eigenvalue weighted by molar-refractivity contribution is 5.90. The van der Waals surface area contributed by atoms with Gasteiger partial charge in [0.2, 0.25) is 5.91 Å². The van der Waals surface area contributed by atoms with Crippen molar-refractivity contribution in [1.29, 1.82) is 0 Å². The molecule has 3 fully saturated rings. The normalized spacial score (nSPS) is 24.6. The predicted octanol–water partition coefficient (Wildman–Crippen LogP) is 2.17. The van der Waals surface area contributed by atoms with E-state index in [0.717, 1.165) is 38.9 Å². The summed E-state index contributed by atoms with van der Waals surface area (Å²) >= 11 is 0. The Kier molecular flexibility index (Phi) is 6.93. The van der Waals surface area contributed by atoms with Crippen LogP contribution in [-0.4, -0.2) is 74.6 Å². The summed E-state index contributed by atoms with van der Waals surface area (Å²) in [6, 6.07) is 4.80. The van der Waals surface area contributed by atoms with E-state index in [1.165, 1.54) is 17.9 Å². The van der Waals surface area contributed by atoms with Gasteiger partial charge in [-0.2, -0.15) is 0 Å². The first-order valence-corrected chi connectivity index (χ1v) is 11.4. The molecule has 2 heterocycles. The topological polar surface area (TPSA) is 82.2 Å². The minimum atomic E-state index is -0.543. The molecule has 0 spiro atoms. The third-order valence-corrected chi connectivity index (χ3v) is 6.57. The Hall–Kier alpha value is -2.68. The summed E-state index contributed by atoms with van der Waals surface area (Å²) in [5, 5.41) is 2.63. The molecule has 2 saturated heterocycles. The smallest absolute Gasteiger partial charge is 0.414 e. The third kappa shape index (κ3) is 5.20. The van der Waals surface area contributed by atoms with Crippen LogP contribution in [0.3, 0.4) is 0 Å². The average Bonchev–Trinajstić information content (AvgIpc) is 3.15. The predicted molar refractivity (Wildman–Crippen MR) is 118 cm³/mol. The number of ether oxygens (including phenoxy) is 1. The molecule has 1 aliphatic carbocycles. The van der Waals surface area contributed by atoms with Gasteiger partial charge >= 0.3 is 6.09 Å². The summed E-state index contributed by atoms with van der Waals surface area (Å²) in [7, 11) is 0. The highest BCUT2D eigenvalue weighted by Crippen LogP contribution is 2.29. The van der Waals surface area contributed by atoms with Gasteiger partial charge in [0.1, 0.15) is 17.7 Å². The number of benzene rings is 1. The number of amides is 2. The highest BCUT2D eigenvalue weighted by Gasteiger charge is 2.33. The number of rotatable bonds is 6. The molecular weight excluding hydrogens is 415 g/mol. The lowest BCUT2D eigenvalue weighted by Gasteiger charge is -2.38. The number of ketones is 1. The number of nitrogens with one attached hydrogen (secondary N) is 1. The number of anilines is 2. The molecule has 3 aliphatic rings. The Morgan fingerprint density at radius 3 is 2.66 bits per heavy atom. The van der Waals surface area contributed by atoms with Gasteiger partial charge in [-0.1, -0.05) is 6.42 Å². The van der Waals surface area contributed by atoms with Crippen molar-refractivity contribution in [3.8, 4) is 0 Å². The molecule has 2 aliphatic heterocycles. The van der Waals surface area contributed by atoms with Crippen LogP contribution in [0.1, 0.15) is 32.6 Å². The van der Waals surface area contributed by atoms with E-state index in [4.69, 9.17) is 4.74 Å². The molecular formula is C23H31FN4O4. The molecule has 1 saturated carbocycles. The second kappa shape index (κ2) is 9.85. The van der Waals surface area contributed by atoms with E-state index in [9.17, 15) is 18.8 Å². The fraction of sp³-hybridized carbons (Fsp3) is 0.609. The maximum Gasteiger partial charge on any atom is 0.414 e. The van der Waals surface area contributed by atoms with Gasteiger partial charge in [0.05, 0.1) is 24.5 Å². The number of piperazine rings is 1. The number of Topliss-reactive ketones (excluding diaryl/α,β-unsaturated/α-hetero) is 1. The molecule has 1 aromatic carbocycles. The molecule has 0 bridgehead atoms. The fourth-order valence-electron chi connectivity index (χ4n) is 4.75. The zero-order chi connectivity index (χ0) is 22.7. The Morgan fingerprint density at radius 2 is 1.97 bits per heavy atom. The van der Waals surface area contributed by atoms with Crippen molar-refractivity contribution in [2.45, 2.75) is 38.7 Å². The van der Waals surface area contributed by atoms with Gasteiger partial charge in [-0.05, 0) is 31.0 Å². The zero-order valence-corrected chi connectivity index (χ0v) is 18.5. The summed E-state index contributed by atoms with van der Waals surface area (Å²) in [6.45, 7) is 5.69. The van der Waals surface area contributed by atoms with Crippen molar-refractivity contribution in [2.24, 2.45) is 5.92 Å². The molecule has 2 amide bonds. The minimum absolute atomic E-state index is 0.154. The van der Waals surface area contributed by atoms with Crippen LogP contribution < -0.4 is 15.1 Å². The molecule has 4 rings (SSSR count). The number of nitrogens with zero attached hydrogens (tertiary/aromatic N) is 3. The number of carbonyl (C=O) groups is 3. The highest BCUT2D eigenvalue weighted by atomic mass is 19.1. The van der Waals surface area contributed by atoms with Crippen LogP contribution in [0.5, 0.6) is 0 Å². The van der Waals surface area contributed by atoms with E-state index in [1.54, 1.807) is 12.1 Å². The van der Waals surface area contributed by atoms with E-state index in [0.29, 0.717) is 36.7 Å². The van der Waals surface area contributed by atoms with E-state index in [-0.39, 0.29) is 30.7 Å². The summed E-state index contributed by atoms with van der Waals surface area (Å²) in [5.74, 6) is -0.0297. The van der Waals surface area contributed by atoms with Crippen molar-refractivity contribution in [1.82, 2.24) is 10.2 Å². The number of carbonyl (C=O) groups excluding carboxylic acids is 3.